The molecule has 1 atom stereocenters. The summed E-state index contributed by atoms with van der Waals surface area (Å²) in [5, 5.41) is 3.92. The van der Waals surface area contributed by atoms with Gasteiger partial charge in [0.1, 0.15) is 24.3 Å². The zero-order valence-electron chi connectivity index (χ0n) is 9.89. The number of hydrogen-bond donors (Lipinski definition) is 0. The molecule has 0 saturated carbocycles. The summed E-state index contributed by atoms with van der Waals surface area (Å²) < 4.78 is 6.61. The van der Waals surface area contributed by atoms with E-state index in [2.05, 4.69) is 21.9 Å². The van der Waals surface area contributed by atoms with E-state index in [0.29, 0.717) is 0 Å². The number of esters is 1. The van der Waals surface area contributed by atoms with Crippen molar-refractivity contribution in [1.29, 1.82) is 0 Å². The predicted octanol–water partition coefficient (Wildman–Crippen LogP) is 1.18. The second-order valence-electron chi connectivity index (χ2n) is 4.32. The van der Waals surface area contributed by atoms with Crippen LogP contribution in [0.5, 0.6) is 0 Å². The molecule has 0 radical (unpaired) electrons. The summed E-state index contributed by atoms with van der Waals surface area (Å²) in [6.07, 6.45) is 2.97. The van der Waals surface area contributed by atoms with Gasteiger partial charge in [0.2, 0.25) is 0 Å². The van der Waals surface area contributed by atoms with Crippen molar-refractivity contribution in [2.45, 2.75) is 39.3 Å². The van der Waals surface area contributed by atoms with Gasteiger partial charge in [0.05, 0.1) is 0 Å². The van der Waals surface area contributed by atoms with Gasteiger partial charge in [0, 0.05) is 5.92 Å². The van der Waals surface area contributed by atoms with Gasteiger partial charge in [-0.25, -0.2) is 14.5 Å². The summed E-state index contributed by atoms with van der Waals surface area (Å²) in [6, 6.07) is -0.199. The first-order valence-corrected chi connectivity index (χ1v) is 4.97. The lowest BCUT2D eigenvalue weighted by molar-refractivity contribution is -0.147. The molecule has 0 spiro atoms. The average molecular weight is 221 g/mol. The van der Waals surface area contributed by atoms with Crippen LogP contribution >= 0.6 is 0 Å². The Hall–Kier alpha value is -1.83. The highest BCUT2D eigenvalue weighted by Crippen LogP contribution is 2.06. The molecule has 16 heavy (non-hydrogen) atoms. The van der Waals surface area contributed by atoms with Crippen LogP contribution in [0.15, 0.2) is 12.7 Å². The molecule has 0 aromatic carbocycles. The van der Waals surface area contributed by atoms with Crippen LogP contribution in [0.3, 0.4) is 0 Å². The van der Waals surface area contributed by atoms with Crippen LogP contribution in [0.2, 0.25) is 0 Å². The lowest BCUT2D eigenvalue weighted by atomic mass is 10.2. The minimum absolute atomic E-state index is 0.199. The standard InChI is InChI=1S/C11H15N3O2/c1-9(14-8-12-7-13-14)5-6-10(15)16-11(2,3)4/h7-9H,1-4H3. The Bertz CT molecular complexity index is 407. The smallest absolute Gasteiger partial charge is 0.384 e. The van der Waals surface area contributed by atoms with Gasteiger partial charge in [-0.05, 0) is 27.7 Å². The predicted molar refractivity (Wildman–Crippen MR) is 58.4 cm³/mol. The van der Waals surface area contributed by atoms with Crippen LogP contribution in [0, 0.1) is 11.8 Å². The molecule has 1 aromatic rings. The topological polar surface area (TPSA) is 57.0 Å². The number of ether oxygens (including phenoxy) is 1. The molecule has 0 fully saturated rings. The monoisotopic (exact) mass is 221 g/mol. The first kappa shape index (κ1) is 12.2. The van der Waals surface area contributed by atoms with E-state index in [1.165, 1.54) is 6.33 Å². The SMILES string of the molecule is CC(C#CC(=O)OC(C)(C)C)n1cncn1. The van der Waals surface area contributed by atoms with Gasteiger partial charge in [-0.2, -0.15) is 5.10 Å². The van der Waals surface area contributed by atoms with Crippen molar-refractivity contribution < 1.29 is 9.53 Å². The zero-order chi connectivity index (χ0) is 12.2. The largest absolute Gasteiger partial charge is 0.450 e. The third kappa shape index (κ3) is 4.13. The number of carbonyl (C=O) groups is 1. The molecule has 0 aliphatic carbocycles. The Morgan fingerprint density at radius 3 is 2.69 bits per heavy atom. The second kappa shape index (κ2) is 4.79. The molecule has 1 rings (SSSR count). The molecule has 0 saturated heterocycles. The number of nitrogens with zero attached hydrogens (tertiary/aromatic N) is 3. The van der Waals surface area contributed by atoms with Gasteiger partial charge in [-0.3, -0.25) is 0 Å². The highest BCUT2D eigenvalue weighted by molar-refractivity contribution is 5.88. The van der Waals surface area contributed by atoms with E-state index in [0.717, 1.165) is 0 Å². The molecule has 0 bridgehead atoms. The maximum Gasteiger partial charge on any atom is 0.384 e. The van der Waals surface area contributed by atoms with E-state index < -0.39 is 11.6 Å². The van der Waals surface area contributed by atoms with Gasteiger partial charge in [0.15, 0.2) is 0 Å². The lowest BCUT2D eigenvalue weighted by Crippen LogP contribution is -2.22. The van der Waals surface area contributed by atoms with Crippen molar-refractivity contribution in [3.8, 4) is 11.8 Å². The van der Waals surface area contributed by atoms with Crippen molar-refractivity contribution in [2.24, 2.45) is 0 Å². The molecular weight excluding hydrogens is 206 g/mol. The van der Waals surface area contributed by atoms with E-state index in [1.54, 1.807) is 31.8 Å². The summed E-state index contributed by atoms with van der Waals surface area (Å²) >= 11 is 0. The van der Waals surface area contributed by atoms with Gasteiger partial charge in [0.25, 0.3) is 0 Å². The van der Waals surface area contributed by atoms with Crippen molar-refractivity contribution in [3.63, 3.8) is 0 Å². The molecule has 86 valence electrons. The average Bonchev–Trinajstić information content (AvgIpc) is 2.64. The van der Waals surface area contributed by atoms with Crippen LogP contribution in [0.4, 0.5) is 0 Å². The van der Waals surface area contributed by atoms with Crippen molar-refractivity contribution in [1.82, 2.24) is 14.8 Å². The van der Waals surface area contributed by atoms with Crippen LogP contribution in [-0.4, -0.2) is 26.3 Å². The summed E-state index contributed by atoms with van der Waals surface area (Å²) in [6.45, 7) is 7.22. The van der Waals surface area contributed by atoms with Crippen LogP contribution < -0.4 is 0 Å². The Morgan fingerprint density at radius 1 is 1.50 bits per heavy atom. The first-order chi connectivity index (χ1) is 7.38. The highest BCUT2D eigenvalue weighted by Gasteiger charge is 2.14. The maximum absolute atomic E-state index is 11.3. The van der Waals surface area contributed by atoms with E-state index in [-0.39, 0.29) is 6.04 Å². The van der Waals surface area contributed by atoms with Crippen LogP contribution in [-0.2, 0) is 9.53 Å². The minimum Gasteiger partial charge on any atom is -0.450 e. The quantitative estimate of drug-likeness (QED) is 0.406. The molecule has 1 unspecified atom stereocenters. The fraction of sp³-hybridized carbons (Fsp3) is 0.545. The Labute approximate surface area is 94.8 Å². The normalized spacial score (nSPS) is 12.5. The number of aromatic nitrogens is 3. The summed E-state index contributed by atoms with van der Waals surface area (Å²) in [4.78, 5) is 15.1. The summed E-state index contributed by atoms with van der Waals surface area (Å²) in [7, 11) is 0. The fourth-order valence-corrected chi connectivity index (χ4v) is 0.950. The van der Waals surface area contributed by atoms with E-state index in [1.807, 2.05) is 6.92 Å². The van der Waals surface area contributed by atoms with Crippen LogP contribution in [0.1, 0.15) is 33.7 Å². The third-order valence-electron chi connectivity index (χ3n) is 1.62. The molecular formula is C11H15N3O2. The number of carbonyl (C=O) groups excluding carboxylic acids is 1. The zero-order valence-corrected chi connectivity index (χ0v) is 9.89. The van der Waals surface area contributed by atoms with Crippen molar-refractivity contribution in [3.05, 3.63) is 12.7 Å². The van der Waals surface area contributed by atoms with Crippen molar-refractivity contribution >= 4 is 5.97 Å². The van der Waals surface area contributed by atoms with Gasteiger partial charge in [-0.1, -0.05) is 5.92 Å². The fourth-order valence-electron chi connectivity index (χ4n) is 0.950. The molecule has 0 N–H and O–H groups in total. The lowest BCUT2D eigenvalue weighted by Gasteiger charge is -2.17. The molecule has 1 aromatic heterocycles. The third-order valence-corrected chi connectivity index (χ3v) is 1.62. The van der Waals surface area contributed by atoms with Gasteiger partial charge < -0.3 is 4.74 Å². The molecule has 5 heteroatoms. The van der Waals surface area contributed by atoms with E-state index >= 15 is 0 Å². The minimum atomic E-state index is -0.528. The molecule has 0 aliphatic rings. The Balaban J connectivity index is 2.58. The van der Waals surface area contributed by atoms with Crippen molar-refractivity contribution in [2.75, 3.05) is 0 Å². The Morgan fingerprint density at radius 2 is 2.19 bits per heavy atom. The Kier molecular flexibility index (Phi) is 3.67. The molecule has 0 amide bonds. The van der Waals surface area contributed by atoms with E-state index in [9.17, 15) is 4.79 Å². The first-order valence-electron chi connectivity index (χ1n) is 4.97. The number of hydrogen-bond acceptors (Lipinski definition) is 4. The van der Waals surface area contributed by atoms with Gasteiger partial charge >= 0.3 is 5.97 Å². The summed E-state index contributed by atoms with van der Waals surface area (Å²) in [5.74, 6) is 4.64. The second-order valence-corrected chi connectivity index (χ2v) is 4.32. The maximum atomic E-state index is 11.3. The highest BCUT2D eigenvalue weighted by atomic mass is 16.6. The van der Waals surface area contributed by atoms with Gasteiger partial charge in [-0.15, -0.1) is 0 Å². The molecule has 5 nitrogen and oxygen atoms in total. The molecule has 1 heterocycles. The summed E-state index contributed by atoms with van der Waals surface area (Å²) in [5.41, 5.74) is -0.512. The van der Waals surface area contributed by atoms with E-state index in [4.69, 9.17) is 4.74 Å². The van der Waals surface area contributed by atoms with Crippen LogP contribution in [0.25, 0.3) is 0 Å². The molecule has 0 aliphatic heterocycles. The number of rotatable bonds is 1.